The van der Waals surface area contributed by atoms with Gasteiger partial charge in [0.25, 0.3) is 0 Å². The van der Waals surface area contributed by atoms with Crippen LogP contribution in [0.25, 0.3) is 0 Å². The van der Waals surface area contributed by atoms with E-state index in [1.165, 1.54) is 6.26 Å². The lowest BCUT2D eigenvalue weighted by molar-refractivity contribution is 0.307. The van der Waals surface area contributed by atoms with Gasteiger partial charge < -0.3 is 15.4 Å². The van der Waals surface area contributed by atoms with E-state index < -0.39 is 9.84 Å². The SMILES string of the molecule is CN=C(NCCCOc1c(C)cccc1C)NCCc1ccc(S(C)(=O)=O)cc1.I. The number of hydrogen-bond acceptors (Lipinski definition) is 4. The van der Waals surface area contributed by atoms with Gasteiger partial charge in [-0.2, -0.15) is 0 Å². The maximum atomic E-state index is 11.5. The molecule has 0 aliphatic heterocycles. The molecule has 8 heteroatoms. The summed E-state index contributed by atoms with van der Waals surface area (Å²) in [5.41, 5.74) is 3.38. The Bertz CT molecular complexity index is 909. The second-order valence-electron chi connectivity index (χ2n) is 7.01. The largest absolute Gasteiger partial charge is 0.493 e. The molecule has 2 aromatic carbocycles. The molecule has 2 N–H and O–H groups in total. The molecular weight excluding hydrogens is 513 g/mol. The fraction of sp³-hybridized carbons (Fsp3) is 0.409. The Kier molecular flexibility index (Phi) is 11.2. The van der Waals surface area contributed by atoms with Gasteiger partial charge in [-0.1, -0.05) is 30.3 Å². The molecule has 0 aliphatic rings. The van der Waals surface area contributed by atoms with E-state index in [2.05, 4.69) is 41.6 Å². The van der Waals surface area contributed by atoms with E-state index in [-0.39, 0.29) is 24.0 Å². The molecule has 0 fully saturated rings. The number of halogens is 1. The summed E-state index contributed by atoms with van der Waals surface area (Å²) < 4.78 is 28.9. The molecule has 0 saturated heterocycles. The fourth-order valence-corrected chi connectivity index (χ4v) is 3.56. The first kappa shape index (κ1) is 26.2. The summed E-state index contributed by atoms with van der Waals surface area (Å²) in [7, 11) is -1.41. The monoisotopic (exact) mass is 545 g/mol. The Morgan fingerprint density at radius 2 is 1.60 bits per heavy atom. The van der Waals surface area contributed by atoms with Crippen molar-refractivity contribution in [1.82, 2.24) is 10.6 Å². The molecule has 6 nitrogen and oxygen atoms in total. The van der Waals surface area contributed by atoms with Crippen LogP contribution in [-0.4, -0.2) is 47.4 Å². The van der Waals surface area contributed by atoms with Gasteiger partial charge in [0.05, 0.1) is 11.5 Å². The minimum Gasteiger partial charge on any atom is -0.493 e. The van der Waals surface area contributed by atoms with Crippen molar-refractivity contribution in [3.8, 4) is 5.75 Å². The number of rotatable bonds is 9. The normalized spacial score (nSPS) is 11.5. The predicted molar refractivity (Wildman–Crippen MR) is 134 cm³/mol. The molecule has 0 aromatic heterocycles. The minimum atomic E-state index is -3.15. The second-order valence-corrected chi connectivity index (χ2v) is 9.03. The predicted octanol–water partition coefficient (Wildman–Crippen LogP) is 3.50. The zero-order chi connectivity index (χ0) is 21.3. The van der Waals surface area contributed by atoms with Crippen molar-refractivity contribution in [1.29, 1.82) is 0 Å². The summed E-state index contributed by atoms with van der Waals surface area (Å²) in [5, 5.41) is 6.55. The zero-order valence-electron chi connectivity index (χ0n) is 18.1. The molecule has 0 amide bonds. The number of benzene rings is 2. The first-order valence-electron chi connectivity index (χ1n) is 9.74. The van der Waals surface area contributed by atoms with E-state index in [1.807, 2.05) is 18.2 Å². The molecule has 30 heavy (non-hydrogen) atoms. The van der Waals surface area contributed by atoms with Gasteiger partial charge in [0.15, 0.2) is 15.8 Å². The number of nitrogens with zero attached hydrogens (tertiary/aromatic N) is 1. The van der Waals surface area contributed by atoms with Crippen LogP contribution in [0, 0.1) is 13.8 Å². The third-order valence-corrected chi connectivity index (χ3v) is 5.68. The second kappa shape index (κ2) is 12.8. The van der Waals surface area contributed by atoms with Gasteiger partial charge in [-0.25, -0.2) is 8.42 Å². The van der Waals surface area contributed by atoms with Crippen LogP contribution in [-0.2, 0) is 16.3 Å². The summed E-state index contributed by atoms with van der Waals surface area (Å²) >= 11 is 0. The zero-order valence-corrected chi connectivity index (χ0v) is 21.2. The molecule has 0 saturated carbocycles. The fourth-order valence-electron chi connectivity index (χ4n) is 2.93. The van der Waals surface area contributed by atoms with Crippen LogP contribution >= 0.6 is 24.0 Å². The van der Waals surface area contributed by atoms with E-state index >= 15 is 0 Å². The van der Waals surface area contributed by atoms with Crippen molar-refractivity contribution in [3.63, 3.8) is 0 Å². The molecule has 0 atom stereocenters. The van der Waals surface area contributed by atoms with Crippen molar-refractivity contribution >= 4 is 39.8 Å². The molecule has 2 aromatic rings. The molecule has 0 aliphatic carbocycles. The highest BCUT2D eigenvalue weighted by Crippen LogP contribution is 2.22. The van der Waals surface area contributed by atoms with Crippen molar-refractivity contribution < 1.29 is 13.2 Å². The Morgan fingerprint density at radius 1 is 1.00 bits per heavy atom. The molecule has 2 rings (SSSR count). The average molecular weight is 545 g/mol. The van der Waals surface area contributed by atoms with Crippen LogP contribution in [0.4, 0.5) is 0 Å². The smallest absolute Gasteiger partial charge is 0.190 e. The quantitative estimate of drug-likeness (QED) is 0.218. The van der Waals surface area contributed by atoms with E-state index in [9.17, 15) is 8.42 Å². The van der Waals surface area contributed by atoms with Crippen molar-refractivity contribution in [2.24, 2.45) is 4.99 Å². The first-order chi connectivity index (χ1) is 13.8. The molecule has 166 valence electrons. The minimum absolute atomic E-state index is 0. The number of hydrogen-bond donors (Lipinski definition) is 2. The third-order valence-electron chi connectivity index (χ3n) is 4.55. The van der Waals surface area contributed by atoms with Crippen LogP contribution < -0.4 is 15.4 Å². The Balaban J connectivity index is 0.00000450. The Morgan fingerprint density at radius 3 is 2.17 bits per heavy atom. The molecule has 0 radical (unpaired) electrons. The first-order valence-corrected chi connectivity index (χ1v) is 11.6. The topological polar surface area (TPSA) is 79.8 Å². The molecule has 0 spiro atoms. The van der Waals surface area contributed by atoms with E-state index in [4.69, 9.17) is 4.74 Å². The van der Waals surface area contributed by atoms with E-state index in [1.54, 1.807) is 19.2 Å². The molecular formula is C22H32IN3O3S. The highest BCUT2D eigenvalue weighted by atomic mass is 127. The van der Waals surface area contributed by atoms with E-state index in [0.29, 0.717) is 18.0 Å². The van der Waals surface area contributed by atoms with Crippen molar-refractivity contribution in [3.05, 3.63) is 59.2 Å². The number of aliphatic imine (C=N–C) groups is 1. The molecule has 0 heterocycles. The third kappa shape index (κ3) is 8.51. The van der Waals surface area contributed by atoms with Crippen LogP contribution in [0.1, 0.15) is 23.1 Å². The summed E-state index contributed by atoms with van der Waals surface area (Å²) in [6, 6.07) is 13.1. The van der Waals surface area contributed by atoms with Crippen LogP contribution in [0.15, 0.2) is 52.4 Å². The van der Waals surface area contributed by atoms with Crippen molar-refractivity contribution in [2.45, 2.75) is 31.6 Å². The van der Waals surface area contributed by atoms with E-state index in [0.717, 1.165) is 47.8 Å². The summed E-state index contributed by atoms with van der Waals surface area (Å²) in [6.45, 7) is 6.22. The number of sulfone groups is 1. The lowest BCUT2D eigenvalue weighted by atomic mass is 10.1. The summed E-state index contributed by atoms with van der Waals surface area (Å²) in [4.78, 5) is 4.57. The summed E-state index contributed by atoms with van der Waals surface area (Å²) in [6.07, 6.45) is 2.86. The Hall–Kier alpha value is -1.81. The molecule has 0 bridgehead atoms. The van der Waals surface area contributed by atoms with Gasteiger partial charge in [0.2, 0.25) is 0 Å². The maximum absolute atomic E-state index is 11.5. The van der Waals surface area contributed by atoms with Gasteiger partial charge >= 0.3 is 0 Å². The van der Waals surface area contributed by atoms with Gasteiger partial charge in [-0.05, 0) is 55.5 Å². The van der Waals surface area contributed by atoms with Crippen LogP contribution in [0.3, 0.4) is 0 Å². The van der Waals surface area contributed by atoms with Gasteiger partial charge in [0.1, 0.15) is 5.75 Å². The van der Waals surface area contributed by atoms with Gasteiger partial charge in [-0.3, -0.25) is 4.99 Å². The van der Waals surface area contributed by atoms with Crippen molar-refractivity contribution in [2.75, 3.05) is 33.0 Å². The number of aryl methyl sites for hydroxylation is 2. The highest BCUT2D eigenvalue weighted by molar-refractivity contribution is 14.0. The molecule has 0 unspecified atom stereocenters. The summed E-state index contributed by atoms with van der Waals surface area (Å²) in [5.74, 6) is 1.71. The number of guanidine groups is 1. The van der Waals surface area contributed by atoms with Crippen LogP contribution in [0.5, 0.6) is 5.75 Å². The average Bonchev–Trinajstić information content (AvgIpc) is 2.68. The number of para-hydroxylation sites is 1. The Labute approximate surface area is 197 Å². The maximum Gasteiger partial charge on any atom is 0.190 e. The standard InChI is InChI=1S/C22H31N3O3S.HI/c1-17-7-5-8-18(2)21(17)28-16-6-14-24-22(23-3)25-15-13-19-9-11-20(12-10-19)29(4,26)27;/h5,7-12H,6,13-16H2,1-4H3,(H2,23,24,25);1H. The van der Waals surface area contributed by atoms with Crippen LogP contribution in [0.2, 0.25) is 0 Å². The van der Waals surface area contributed by atoms with Gasteiger partial charge in [-0.15, -0.1) is 24.0 Å². The number of nitrogens with one attached hydrogen (secondary N) is 2. The lowest BCUT2D eigenvalue weighted by Crippen LogP contribution is -2.39. The van der Waals surface area contributed by atoms with Gasteiger partial charge in [0, 0.05) is 26.4 Å². The number of ether oxygens (including phenoxy) is 1. The lowest BCUT2D eigenvalue weighted by Gasteiger charge is -2.14. The highest BCUT2D eigenvalue weighted by Gasteiger charge is 2.06.